The van der Waals surface area contributed by atoms with Crippen LogP contribution in [0.15, 0.2) is 48.5 Å². The molecule has 5 rings (SSSR count). The van der Waals surface area contributed by atoms with Crippen LogP contribution in [0.3, 0.4) is 0 Å². The van der Waals surface area contributed by atoms with Crippen LogP contribution in [0.25, 0.3) is 11.1 Å². The van der Waals surface area contributed by atoms with Crippen molar-refractivity contribution < 1.29 is 34.0 Å². The first-order valence-electron chi connectivity index (χ1n) is 12.5. The van der Waals surface area contributed by atoms with Crippen molar-refractivity contribution >= 4 is 5.97 Å². The molecule has 0 aliphatic carbocycles. The van der Waals surface area contributed by atoms with Gasteiger partial charge in [-0.3, -0.25) is 4.79 Å². The molecule has 7 heteroatoms. The monoisotopic (exact) mass is 504 g/mol. The Hall–Kier alpha value is -3.55. The lowest BCUT2D eigenvalue weighted by Gasteiger charge is -2.20. The lowest BCUT2D eigenvalue weighted by Crippen LogP contribution is -2.29. The summed E-state index contributed by atoms with van der Waals surface area (Å²) in [5.74, 6) is 1.16. The maximum atomic E-state index is 11.1. The highest BCUT2D eigenvalue weighted by Crippen LogP contribution is 2.39. The van der Waals surface area contributed by atoms with E-state index in [0.717, 1.165) is 44.7 Å². The molecular weight excluding hydrogens is 472 g/mol. The number of aliphatic hydroxyl groups excluding tert-OH is 1. The number of hydrogen-bond donors (Lipinski definition) is 2. The predicted octanol–water partition coefficient (Wildman–Crippen LogP) is 4.95. The van der Waals surface area contributed by atoms with Crippen molar-refractivity contribution in [3.8, 4) is 28.4 Å². The topological polar surface area (TPSA) is 94.5 Å². The Morgan fingerprint density at radius 2 is 1.78 bits per heavy atom. The number of rotatable bonds is 8. The Balaban J connectivity index is 1.32. The van der Waals surface area contributed by atoms with Crippen molar-refractivity contribution in [3.05, 3.63) is 76.3 Å². The maximum absolute atomic E-state index is 11.1. The van der Waals surface area contributed by atoms with E-state index in [9.17, 15) is 9.90 Å². The predicted molar refractivity (Wildman–Crippen MR) is 139 cm³/mol. The Morgan fingerprint density at radius 3 is 2.49 bits per heavy atom. The third-order valence-electron chi connectivity index (χ3n) is 7.19. The van der Waals surface area contributed by atoms with Crippen molar-refractivity contribution in [1.82, 2.24) is 0 Å². The summed E-state index contributed by atoms with van der Waals surface area (Å²) >= 11 is 0. The van der Waals surface area contributed by atoms with Gasteiger partial charge >= 0.3 is 5.97 Å². The lowest BCUT2D eigenvalue weighted by atomic mass is 9.90. The number of carboxylic acids is 1. The minimum atomic E-state index is -0.827. The molecule has 2 aliphatic heterocycles. The van der Waals surface area contributed by atoms with Gasteiger partial charge in [0.1, 0.15) is 36.1 Å². The summed E-state index contributed by atoms with van der Waals surface area (Å²) in [6.07, 6.45) is -0.899. The Labute approximate surface area is 216 Å². The van der Waals surface area contributed by atoms with Gasteiger partial charge in [-0.1, -0.05) is 24.3 Å². The smallest absolute Gasteiger partial charge is 0.304 e. The van der Waals surface area contributed by atoms with Crippen LogP contribution in [0.5, 0.6) is 17.2 Å². The van der Waals surface area contributed by atoms with Crippen LogP contribution in [0, 0.1) is 20.8 Å². The number of carboxylic acid groups (broad SMARTS) is 1. The van der Waals surface area contributed by atoms with E-state index in [1.165, 1.54) is 0 Å². The first-order valence-corrected chi connectivity index (χ1v) is 12.5. The molecule has 2 heterocycles. The van der Waals surface area contributed by atoms with Crippen LogP contribution in [0.2, 0.25) is 0 Å². The first kappa shape index (κ1) is 25.1. The largest absolute Gasteiger partial charge is 0.492 e. The van der Waals surface area contributed by atoms with E-state index in [0.29, 0.717) is 37.9 Å². The molecule has 0 spiro atoms. The highest BCUT2D eigenvalue weighted by Gasteiger charge is 2.29. The first-order chi connectivity index (χ1) is 17.8. The van der Waals surface area contributed by atoms with Gasteiger partial charge < -0.3 is 29.2 Å². The van der Waals surface area contributed by atoms with Gasteiger partial charge in [0, 0.05) is 17.5 Å². The van der Waals surface area contributed by atoms with Crippen molar-refractivity contribution in [2.45, 2.75) is 51.9 Å². The molecule has 0 bridgehead atoms. The second-order valence-electron chi connectivity index (χ2n) is 9.88. The van der Waals surface area contributed by atoms with Gasteiger partial charge in [-0.25, -0.2) is 0 Å². The molecule has 194 valence electrons. The molecule has 1 saturated heterocycles. The van der Waals surface area contributed by atoms with E-state index in [-0.39, 0.29) is 18.4 Å². The van der Waals surface area contributed by atoms with Crippen LogP contribution in [0.4, 0.5) is 0 Å². The van der Waals surface area contributed by atoms with Crippen LogP contribution in [0.1, 0.15) is 40.2 Å². The SMILES string of the molecule is Cc1cc(O[C@@H]2COC[C@H]2O)cc(C)c1-c1cccc(COc2ccc3c(c2)OC[C@H]3CC(=O)O)c1C. The fraction of sp³-hybridized carbons (Fsp3) is 0.367. The van der Waals surface area contributed by atoms with Crippen LogP contribution < -0.4 is 14.2 Å². The summed E-state index contributed by atoms with van der Waals surface area (Å²) in [5.41, 5.74) is 7.62. The zero-order chi connectivity index (χ0) is 26.1. The molecule has 0 saturated carbocycles. The van der Waals surface area contributed by atoms with Crippen molar-refractivity contribution in [2.24, 2.45) is 0 Å². The van der Waals surface area contributed by atoms with Gasteiger partial charge in [0.25, 0.3) is 0 Å². The molecule has 3 atom stereocenters. The molecule has 0 radical (unpaired) electrons. The molecule has 2 aliphatic rings. The molecule has 0 amide bonds. The summed E-state index contributed by atoms with van der Waals surface area (Å²) < 4.78 is 23.1. The van der Waals surface area contributed by atoms with E-state index in [1.807, 2.05) is 36.4 Å². The van der Waals surface area contributed by atoms with Gasteiger partial charge in [-0.2, -0.15) is 0 Å². The molecule has 0 unspecified atom stereocenters. The highest BCUT2D eigenvalue weighted by molar-refractivity contribution is 5.75. The number of ether oxygens (including phenoxy) is 4. The number of aryl methyl sites for hydroxylation is 2. The van der Waals surface area contributed by atoms with Crippen LogP contribution in [-0.4, -0.2) is 48.2 Å². The molecule has 0 aromatic heterocycles. The Bertz CT molecular complexity index is 1290. The zero-order valence-electron chi connectivity index (χ0n) is 21.3. The molecule has 2 N–H and O–H groups in total. The minimum absolute atomic E-state index is 0.0576. The normalized spacial score (nSPS) is 20.4. The quantitative estimate of drug-likeness (QED) is 0.448. The number of aliphatic carboxylic acids is 1. The summed E-state index contributed by atoms with van der Waals surface area (Å²) in [5, 5.41) is 19.1. The number of aliphatic hydroxyl groups is 1. The number of benzene rings is 3. The molecule has 7 nitrogen and oxygen atoms in total. The minimum Gasteiger partial charge on any atom is -0.492 e. The fourth-order valence-corrected chi connectivity index (χ4v) is 5.23. The van der Waals surface area contributed by atoms with Crippen LogP contribution >= 0.6 is 0 Å². The van der Waals surface area contributed by atoms with Crippen molar-refractivity contribution in [2.75, 3.05) is 19.8 Å². The maximum Gasteiger partial charge on any atom is 0.304 e. The third-order valence-corrected chi connectivity index (χ3v) is 7.19. The average Bonchev–Trinajstić information content (AvgIpc) is 3.44. The van der Waals surface area contributed by atoms with E-state index < -0.39 is 12.1 Å². The fourth-order valence-electron chi connectivity index (χ4n) is 5.23. The molecule has 3 aromatic rings. The van der Waals surface area contributed by atoms with Crippen molar-refractivity contribution in [3.63, 3.8) is 0 Å². The molecule has 1 fully saturated rings. The summed E-state index contributed by atoms with van der Waals surface area (Å²) in [4.78, 5) is 11.1. The van der Waals surface area contributed by atoms with E-state index >= 15 is 0 Å². The molecule has 3 aromatic carbocycles. The van der Waals surface area contributed by atoms with E-state index in [1.54, 1.807) is 0 Å². The molecular formula is C30H32O7. The summed E-state index contributed by atoms with van der Waals surface area (Å²) in [6, 6.07) is 15.9. The standard InChI is InChI=1S/C30H32O7/c1-17-9-23(37-28-16-34-15-26(28)31)10-18(2)30(17)24-6-4-5-20(19(24)3)13-35-22-7-8-25-21(11-29(32)33)14-36-27(25)12-22/h4-10,12,21,26,28,31H,11,13-16H2,1-3H3,(H,32,33)/t21-,26-,28-/m1/s1. The average molecular weight is 505 g/mol. The van der Waals surface area contributed by atoms with Crippen LogP contribution in [-0.2, 0) is 16.1 Å². The van der Waals surface area contributed by atoms with Gasteiger partial charge in [0.2, 0.25) is 0 Å². The zero-order valence-corrected chi connectivity index (χ0v) is 21.3. The van der Waals surface area contributed by atoms with Crippen molar-refractivity contribution in [1.29, 1.82) is 0 Å². The van der Waals surface area contributed by atoms with Gasteiger partial charge in [-0.05, 0) is 72.4 Å². The number of hydrogen-bond acceptors (Lipinski definition) is 6. The van der Waals surface area contributed by atoms with E-state index in [2.05, 4.69) is 32.9 Å². The third kappa shape index (κ3) is 5.29. The number of fused-ring (bicyclic) bond motifs is 1. The molecule has 37 heavy (non-hydrogen) atoms. The summed E-state index contributed by atoms with van der Waals surface area (Å²) in [6.45, 7) is 7.72. The van der Waals surface area contributed by atoms with Gasteiger partial charge in [0.05, 0.1) is 26.2 Å². The van der Waals surface area contributed by atoms with Gasteiger partial charge in [-0.15, -0.1) is 0 Å². The number of carbonyl (C=O) groups is 1. The Morgan fingerprint density at radius 1 is 1.00 bits per heavy atom. The Kier molecular flexibility index (Phi) is 7.09. The highest BCUT2D eigenvalue weighted by atomic mass is 16.6. The second-order valence-corrected chi connectivity index (χ2v) is 9.88. The lowest BCUT2D eigenvalue weighted by molar-refractivity contribution is -0.137. The second kappa shape index (κ2) is 10.4. The summed E-state index contributed by atoms with van der Waals surface area (Å²) in [7, 11) is 0. The van der Waals surface area contributed by atoms with Gasteiger partial charge in [0.15, 0.2) is 0 Å². The van der Waals surface area contributed by atoms with E-state index in [4.69, 9.17) is 24.1 Å².